The number of rotatable bonds is 7. The van der Waals surface area contributed by atoms with Crippen molar-refractivity contribution in [3.05, 3.63) is 35.9 Å². The van der Waals surface area contributed by atoms with Crippen molar-refractivity contribution >= 4 is 11.8 Å². The zero-order valence-corrected chi connectivity index (χ0v) is 18.1. The lowest BCUT2D eigenvalue weighted by molar-refractivity contribution is -0.138. The van der Waals surface area contributed by atoms with Gasteiger partial charge >= 0.3 is 0 Å². The summed E-state index contributed by atoms with van der Waals surface area (Å²) in [5.74, 6) is 0.741. The van der Waals surface area contributed by atoms with Crippen LogP contribution in [-0.2, 0) is 25.6 Å². The average Bonchev–Trinajstić information content (AvgIpc) is 3.40. The fourth-order valence-electron chi connectivity index (χ4n) is 5.48. The second-order valence-electron chi connectivity index (χ2n) is 9.43. The summed E-state index contributed by atoms with van der Waals surface area (Å²) in [5, 5.41) is 3.15. The SMILES string of the molecule is O=C(C[C@@H]1CN(Cc2ccccc2)[C@@H]2CO[C@@H](CC(=O)N3CCOCC3)[C@H]12)NC1CC1. The minimum absolute atomic E-state index is 0.111. The van der Waals surface area contributed by atoms with Crippen LogP contribution >= 0.6 is 0 Å². The first kappa shape index (κ1) is 20.9. The minimum Gasteiger partial charge on any atom is -0.378 e. The van der Waals surface area contributed by atoms with Gasteiger partial charge in [0.2, 0.25) is 11.8 Å². The third kappa shape index (κ3) is 4.94. The molecule has 0 unspecified atom stereocenters. The minimum atomic E-state index is -0.111. The lowest BCUT2D eigenvalue weighted by Crippen LogP contribution is -2.43. The third-order valence-corrected chi connectivity index (χ3v) is 7.20. The molecule has 0 aromatic heterocycles. The summed E-state index contributed by atoms with van der Waals surface area (Å²) < 4.78 is 11.6. The number of nitrogens with one attached hydrogen (secondary N) is 1. The van der Waals surface area contributed by atoms with E-state index in [-0.39, 0.29) is 35.8 Å². The average molecular weight is 428 g/mol. The van der Waals surface area contributed by atoms with Crippen LogP contribution < -0.4 is 5.32 Å². The van der Waals surface area contributed by atoms with Gasteiger partial charge in [-0.3, -0.25) is 14.5 Å². The van der Waals surface area contributed by atoms with Crippen molar-refractivity contribution in [3.63, 3.8) is 0 Å². The van der Waals surface area contributed by atoms with Gasteiger partial charge in [0.1, 0.15) is 0 Å². The van der Waals surface area contributed by atoms with Gasteiger partial charge in [0, 0.05) is 50.6 Å². The molecule has 7 heteroatoms. The zero-order chi connectivity index (χ0) is 21.2. The van der Waals surface area contributed by atoms with E-state index in [2.05, 4.69) is 34.5 Å². The fraction of sp³-hybridized carbons (Fsp3) is 0.667. The molecule has 4 aliphatic rings. The van der Waals surface area contributed by atoms with Crippen LogP contribution in [0.15, 0.2) is 30.3 Å². The predicted molar refractivity (Wildman–Crippen MR) is 115 cm³/mol. The number of fused-ring (bicyclic) bond motifs is 1. The molecule has 4 atom stereocenters. The summed E-state index contributed by atoms with van der Waals surface area (Å²) in [6, 6.07) is 11.1. The molecule has 3 saturated heterocycles. The van der Waals surface area contributed by atoms with Gasteiger partial charge in [-0.25, -0.2) is 0 Å². The number of hydrogen-bond acceptors (Lipinski definition) is 5. The molecule has 3 aliphatic heterocycles. The van der Waals surface area contributed by atoms with Gasteiger partial charge in [0.15, 0.2) is 0 Å². The van der Waals surface area contributed by atoms with Crippen LogP contribution in [0, 0.1) is 11.8 Å². The molecular weight excluding hydrogens is 394 g/mol. The highest BCUT2D eigenvalue weighted by Crippen LogP contribution is 2.42. The molecule has 1 aliphatic carbocycles. The van der Waals surface area contributed by atoms with Crippen molar-refractivity contribution in [2.75, 3.05) is 39.5 Å². The lowest BCUT2D eigenvalue weighted by atomic mass is 9.84. The number of hydrogen-bond donors (Lipinski definition) is 1. The number of benzene rings is 1. The Bertz CT molecular complexity index is 778. The monoisotopic (exact) mass is 427 g/mol. The number of nitrogens with zero attached hydrogens (tertiary/aromatic N) is 2. The summed E-state index contributed by atoms with van der Waals surface area (Å²) in [6.45, 7) is 4.92. The summed E-state index contributed by atoms with van der Waals surface area (Å²) in [6.07, 6.45) is 3.01. The predicted octanol–water partition coefficient (Wildman–Crippen LogP) is 1.42. The molecule has 0 radical (unpaired) electrons. The molecule has 4 fully saturated rings. The Labute approximate surface area is 184 Å². The van der Waals surface area contributed by atoms with Crippen molar-refractivity contribution in [3.8, 4) is 0 Å². The van der Waals surface area contributed by atoms with Crippen LogP contribution in [0.3, 0.4) is 0 Å². The van der Waals surface area contributed by atoms with Crippen molar-refractivity contribution in [1.82, 2.24) is 15.1 Å². The van der Waals surface area contributed by atoms with Crippen molar-refractivity contribution in [2.45, 2.75) is 50.4 Å². The Morgan fingerprint density at radius 1 is 1.06 bits per heavy atom. The van der Waals surface area contributed by atoms with E-state index in [1.54, 1.807) is 0 Å². The second kappa shape index (κ2) is 9.27. The molecule has 7 nitrogen and oxygen atoms in total. The first-order chi connectivity index (χ1) is 15.2. The molecule has 0 bridgehead atoms. The number of carbonyl (C=O) groups is 2. The maximum Gasteiger partial charge on any atom is 0.225 e. The molecule has 1 N–H and O–H groups in total. The number of amides is 2. The first-order valence-corrected chi connectivity index (χ1v) is 11.7. The summed E-state index contributed by atoms with van der Waals surface area (Å²) in [5.41, 5.74) is 1.28. The highest BCUT2D eigenvalue weighted by atomic mass is 16.5. The van der Waals surface area contributed by atoms with E-state index in [1.165, 1.54) is 5.56 Å². The normalized spacial score (nSPS) is 30.9. The van der Waals surface area contributed by atoms with Crippen LogP contribution in [0.25, 0.3) is 0 Å². The summed E-state index contributed by atoms with van der Waals surface area (Å²) >= 11 is 0. The van der Waals surface area contributed by atoms with Gasteiger partial charge in [0.25, 0.3) is 0 Å². The Kier molecular flexibility index (Phi) is 6.25. The molecule has 1 aromatic rings. The number of likely N-dealkylation sites (tertiary alicyclic amines) is 1. The van der Waals surface area contributed by atoms with Crippen molar-refractivity contribution in [2.24, 2.45) is 11.8 Å². The van der Waals surface area contributed by atoms with E-state index in [1.807, 2.05) is 11.0 Å². The molecule has 31 heavy (non-hydrogen) atoms. The van der Waals surface area contributed by atoms with Gasteiger partial charge in [0.05, 0.1) is 32.3 Å². The standard InChI is InChI=1S/C24H33N3O4/c28-22(25-19-6-7-19)12-18-15-27(14-17-4-2-1-3-5-17)20-16-31-21(24(18)20)13-23(29)26-8-10-30-11-9-26/h1-5,18-21,24H,6-16H2,(H,25,28)/t18-,20-,21+,24-/m1/s1. The Hall–Kier alpha value is -1.96. The highest BCUT2D eigenvalue weighted by molar-refractivity contribution is 5.78. The van der Waals surface area contributed by atoms with Gasteiger partial charge in [-0.2, -0.15) is 0 Å². The van der Waals surface area contributed by atoms with Crippen LogP contribution in [0.4, 0.5) is 0 Å². The highest BCUT2D eigenvalue weighted by Gasteiger charge is 2.51. The molecule has 1 aromatic carbocycles. The third-order valence-electron chi connectivity index (χ3n) is 7.20. The van der Waals surface area contributed by atoms with E-state index in [0.717, 1.165) is 25.9 Å². The molecule has 3 heterocycles. The Morgan fingerprint density at radius 2 is 1.84 bits per heavy atom. The maximum absolute atomic E-state index is 12.9. The fourth-order valence-corrected chi connectivity index (χ4v) is 5.48. The number of ether oxygens (including phenoxy) is 2. The molecular formula is C24H33N3O4. The van der Waals surface area contributed by atoms with Crippen LogP contribution in [0.1, 0.15) is 31.2 Å². The van der Waals surface area contributed by atoms with Crippen LogP contribution in [-0.4, -0.2) is 79.3 Å². The van der Waals surface area contributed by atoms with Gasteiger partial charge in [-0.1, -0.05) is 30.3 Å². The smallest absolute Gasteiger partial charge is 0.225 e. The largest absolute Gasteiger partial charge is 0.378 e. The summed E-state index contributed by atoms with van der Waals surface area (Å²) in [7, 11) is 0. The van der Waals surface area contributed by atoms with E-state index in [9.17, 15) is 9.59 Å². The number of carbonyl (C=O) groups excluding carboxylic acids is 2. The Morgan fingerprint density at radius 3 is 2.58 bits per heavy atom. The van der Waals surface area contributed by atoms with E-state index < -0.39 is 0 Å². The molecule has 0 spiro atoms. The molecule has 168 valence electrons. The topological polar surface area (TPSA) is 71.1 Å². The molecule has 1 saturated carbocycles. The second-order valence-corrected chi connectivity index (χ2v) is 9.43. The lowest BCUT2D eigenvalue weighted by Gasteiger charge is -2.29. The van der Waals surface area contributed by atoms with E-state index >= 15 is 0 Å². The van der Waals surface area contributed by atoms with Crippen molar-refractivity contribution < 1.29 is 19.1 Å². The molecule has 5 rings (SSSR count). The quantitative estimate of drug-likeness (QED) is 0.713. The summed E-state index contributed by atoms with van der Waals surface area (Å²) in [4.78, 5) is 29.9. The first-order valence-electron chi connectivity index (χ1n) is 11.7. The van der Waals surface area contributed by atoms with Crippen LogP contribution in [0.5, 0.6) is 0 Å². The maximum atomic E-state index is 12.9. The van der Waals surface area contributed by atoms with Gasteiger partial charge in [-0.05, 0) is 24.3 Å². The number of morpholine rings is 1. The van der Waals surface area contributed by atoms with E-state index in [0.29, 0.717) is 51.8 Å². The zero-order valence-electron chi connectivity index (χ0n) is 18.1. The van der Waals surface area contributed by atoms with Gasteiger partial charge in [-0.15, -0.1) is 0 Å². The van der Waals surface area contributed by atoms with E-state index in [4.69, 9.17) is 9.47 Å². The molecule has 2 amide bonds. The van der Waals surface area contributed by atoms with Crippen molar-refractivity contribution in [1.29, 1.82) is 0 Å². The van der Waals surface area contributed by atoms with Crippen LogP contribution in [0.2, 0.25) is 0 Å². The van der Waals surface area contributed by atoms with Gasteiger partial charge < -0.3 is 19.7 Å². The Balaban J connectivity index is 1.28.